The summed E-state index contributed by atoms with van der Waals surface area (Å²) in [6, 6.07) is 6.89. The fourth-order valence-electron chi connectivity index (χ4n) is 2.65. The van der Waals surface area contributed by atoms with Crippen LogP contribution in [0.3, 0.4) is 0 Å². The molecule has 3 nitrogen and oxygen atoms in total. The maximum atomic E-state index is 4.79. The van der Waals surface area contributed by atoms with Gasteiger partial charge in [-0.25, -0.2) is 4.98 Å². The molecule has 1 atom stereocenters. The van der Waals surface area contributed by atoms with Gasteiger partial charge in [-0.15, -0.1) is 0 Å². The summed E-state index contributed by atoms with van der Waals surface area (Å²) < 4.78 is 0. The van der Waals surface area contributed by atoms with Crippen molar-refractivity contribution in [3.63, 3.8) is 0 Å². The lowest BCUT2D eigenvalue weighted by atomic mass is 10.1. The van der Waals surface area contributed by atoms with Gasteiger partial charge in [-0.1, -0.05) is 18.9 Å². The Bertz CT molecular complexity index is 409. The van der Waals surface area contributed by atoms with Gasteiger partial charge in [0.05, 0.1) is 0 Å². The van der Waals surface area contributed by atoms with Gasteiger partial charge in [0.25, 0.3) is 0 Å². The number of anilines is 2. The number of nitrogens with zero attached hydrogens (tertiary/aromatic N) is 2. The number of hydrogen-bond acceptors (Lipinski definition) is 3. The molecule has 2 rings (SSSR count). The van der Waals surface area contributed by atoms with Crippen molar-refractivity contribution in [2.45, 2.75) is 65.0 Å². The van der Waals surface area contributed by atoms with Gasteiger partial charge in [0.15, 0.2) is 0 Å². The van der Waals surface area contributed by atoms with Crippen LogP contribution < -0.4 is 10.2 Å². The number of hydrogen-bond donors (Lipinski definition) is 1. The molecule has 2 heterocycles. The smallest absolute Gasteiger partial charge is 0.131 e. The highest BCUT2D eigenvalue weighted by Crippen LogP contribution is 2.24. The van der Waals surface area contributed by atoms with Gasteiger partial charge in [-0.05, 0) is 52.7 Å². The lowest BCUT2D eigenvalue weighted by Crippen LogP contribution is -2.33. The van der Waals surface area contributed by atoms with E-state index in [0.29, 0.717) is 6.04 Å². The summed E-state index contributed by atoms with van der Waals surface area (Å²) in [4.78, 5) is 7.25. The van der Waals surface area contributed by atoms with E-state index in [1.807, 2.05) is 0 Å². The van der Waals surface area contributed by atoms with E-state index in [1.54, 1.807) is 0 Å². The number of pyridine rings is 1. The average Bonchev–Trinajstić information content (AvgIpc) is 2.52. The Labute approximate surface area is 117 Å². The average molecular weight is 261 g/mol. The zero-order chi connectivity index (χ0) is 13.9. The van der Waals surface area contributed by atoms with Crippen LogP contribution in [0.4, 0.5) is 11.6 Å². The second-order valence-electron chi connectivity index (χ2n) is 6.65. The molecule has 0 aromatic carbocycles. The highest BCUT2D eigenvalue weighted by atomic mass is 15.2. The molecule has 0 saturated carbocycles. The third-order valence-electron chi connectivity index (χ3n) is 3.58. The molecule has 1 fully saturated rings. The second kappa shape index (κ2) is 5.81. The molecule has 0 amide bonds. The molecule has 1 unspecified atom stereocenters. The largest absolute Gasteiger partial charge is 0.365 e. The van der Waals surface area contributed by atoms with Crippen LogP contribution in [-0.4, -0.2) is 23.1 Å². The quantitative estimate of drug-likeness (QED) is 0.870. The summed E-state index contributed by atoms with van der Waals surface area (Å²) in [5.74, 6) is 2.09. The van der Waals surface area contributed by atoms with Gasteiger partial charge in [0.1, 0.15) is 11.6 Å². The summed E-state index contributed by atoms with van der Waals surface area (Å²) in [7, 11) is 0. The van der Waals surface area contributed by atoms with E-state index in [1.165, 1.54) is 25.7 Å². The Balaban J connectivity index is 2.17. The number of rotatable bonds is 2. The Morgan fingerprint density at radius 3 is 2.74 bits per heavy atom. The molecular weight excluding hydrogens is 234 g/mol. The summed E-state index contributed by atoms with van der Waals surface area (Å²) in [6.45, 7) is 9.94. The first-order valence-electron chi connectivity index (χ1n) is 7.47. The summed E-state index contributed by atoms with van der Waals surface area (Å²) in [6.07, 6.45) is 5.25. The first-order valence-corrected chi connectivity index (χ1v) is 7.47. The van der Waals surface area contributed by atoms with Crippen LogP contribution in [0.25, 0.3) is 0 Å². The molecule has 1 aromatic heterocycles. The second-order valence-corrected chi connectivity index (χ2v) is 6.65. The van der Waals surface area contributed by atoms with Crippen LogP contribution in [0.2, 0.25) is 0 Å². The van der Waals surface area contributed by atoms with E-state index in [2.05, 4.69) is 56.1 Å². The molecule has 0 aliphatic carbocycles. The van der Waals surface area contributed by atoms with Crippen molar-refractivity contribution in [3.05, 3.63) is 18.2 Å². The van der Waals surface area contributed by atoms with E-state index in [4.69, 9.17) is 4.98 Å². The van der Waals surface area contributed by atoms with Gasteiger partial charge < -0.3 is 10.2 Å². The molecule has 3 heteroatoms. The van der Waals surface area contributed by atoms with E-state index >= 15 is 0 Å². The first kappa shape index (κ1) is 14.2. The van der Waals surface area contributed by atoms with Crippen molar-refractivity contribution in [2.24, 2.45) is 0 Å². The minimum Gasteiger partial charge on any atom is -0.365 e. The number of aromatic nitrogens is 1. The Morgan fingerprint density at radius 2 is 2.00 bits per heavy atom. The van der Waals surface area contributed by atoms with E-state index < -0.39 is 0 Å². The van der Waals surface area contributed by atoms with Crippen LogP contribution in [0.1, 0.15) is 53.4 Å². The minimum atomic E-state index is 0.0516. The maximum absolute atomic E-state index is 4.79. The van der Waals surface area contributed by atoms with Crippen molar-refractivity contribution >= 4 is 11.6 Å². The third kappa shape index (κ3) is 4.12. The maximum Gasteiger partial charge on any atom is 0.131 e. The van der Waals surface area contributed by atoms with Crippen LogP contribution in [0.15, 0.2) is 18.2 Å². The highest BCUT2D eigenvalue weighted by molar-refractivity contribution is 5.48. The normalized spacial score (nSPS) is 21.1. The molecule has 106 valence electrons. The van der Waals surface area contributed by atoms with Gasteiger partial charge >= 0.3 is 0 Å². The molecule has 0 bridgehead atoms. The molecule has 1 aromatic rings. The van der Waals surface area contributed by atoms with Crippen LogP contribution >= 0.6 is 0 Å². The predicted molar refractivity (Wildman–Crippen MR) is 82.9 cm³/mol. The third-order valence-corrected chi connectivity index (χ3v) is 3.58. The lowest BCUT2D eigenvalue weighted by Gasteiger charge is -2.29. The minimum absolute atomic E-state index is 0.0516. The fraction of sp³-hybridized carbons (Fsp3) is 0.688. The van der Waals surface area contributed by atoms with Crippen LogP contribution in [0.5, 0.6) is 0 Å². The Hall–Kier alpha value is -1.25. The van der Waals surface area contributed by atoms with E-state index in [9.17, 15) is 0 Å². The zero-order valence-electron chi connectivity index (χ0n) is 12.7. The Kier molecular flexibility index (Phi) is 4.33. The topological polar surface area (TPSA) is 28.2 Å². The first-order chi connectivity index (χ1) is 8.96. The molecule has 0 radical (unpaired) electrons. The molecule has 1 aliphatic heterocycles. The lowest BCUT2D eigenvalue weighted by molar-refractivity contribution is 0.608. The van der Waals surface area contributed by atoms with Crippen LogP contribution in [-0.2, 0) is 0 Å². The predicted octanol–water partition coefficient (Wildman–Crippen LogP) is 4.06. The Morgan fingerprint density at radius 1 is 1.21 bits per heavy atom. The highest BCUT2D eigenvalue weighted by Gasteiger charge is 2.19. The molecule has 19 heavy (non-hydrogen) atoms. The van der Waals surface area contributed by atoms with Gasteiger partial charge in [-0.3, -0.25) is 0 Å². The number of nitrogens with one attached hydrogen (secondary N) is 1. The standard InChI is InChI=1S/C16H27N3/c1-13-9-6-5-7-12-19(13)15-11-8-10-14(17-15)18-16(2,3)4/h8,10-11,13H,5-7,9,12H2,1-4H3,(H,17,18). The van der Waals surface area contributed by atoms with Crippen LogP contribution in [0, 0.1) is 0 Å². The summed E-state index contributed by atoms with van der Waals surface area (Å²) in [5.41, 5.74) is 0.0516. The van der Waals surface area contributed by atoms with Crippen molar-refractivity contribution < 1.29 is 0 Å². The van der Waals surface area contributed by atoms with Crippen molar-refractivity contribution in [1.29, 1.82) is 0 Å². The molecule has 1 aliphatic rings. The molecule has 1 saturated heterocycles. The summed E-state index contributed by atoms with van der Waals surface area (Å²) in [5, 5.41) is 3.45. The SMILES string of the molecule is CC1CCCCCN1c1cccc(NC(C)(C)C)n1. The van der Waals surface area contributed by atoms with Crippen molar-refractivity contribution in [3.8, 4) is 0 Å². The van der Waals surface area contributed by atoms with E-state index in [0.717, 1.165) is 18.2 Å². The van der Waals surface area contributed by atoms with Gasteiger partial charge in [0.2, 0.25) is 0 Å². The monoisotopic (exact) mass is 261 g/mol. The molecule has 0 spiro atoms. The van der Waals surface area contributed by atoms with Gasteiger partial charge in [0, 0.05) is 18.1 Å². The summed E-state index contributed by atoms with van der Waals surface area (Å²) >= 11 is 0. The van der Waals surface area contributed by atoms with Gasteiger partial charge in [-0.2, -0.15) is 0 Å². The fourth-order valence-corrected chi connectivity index (χ4v) is 2.65. The van der Waals surface area contributed by atoms with Crippen molar-refractivity contribution in [2.75, 3.05) is 16.8 Å². The molecule has 1 N–H and O–H groups in total. The molecular formula is C16H27N3. The zero-order valence-corrected chi connectivity index (χ0v) is 12.7. The van der Waals surface area contributed by atoms with Crippen molar-refractivity contribution in [1.82, 2.24) is 4.98 Å². The van der Waals surface area contributed by atoms with E-state index in [-0.39, 0.29) is 5.54 Å².